The molecule has 0 heterocycles. The van der Waals surface area contributed by atoms with Gasteiger partial charge in [-0.2, -0.15) is 0 Å². The summed E-state index contributed by atoms with van der Waals surface area (Å²) in [4.78, 5) is 0. The molecule has 1 aromatic carbocycles. The van der Waals surface area contributed by atoms with Gasteiger partial charge in [0.15, 0.2) is 23.3 Å². The second-order valence-electron chi connectivity index (χ2n) is 7.64. The van der Waals surface area contributed by atoms with Crippen LogP contribution in [0.3, 0.4) is 0 Å². The minimum atomic E-state index is -2.14. The lowest BCUT2D eigenvalue weighted by Gasteiger charge is -2.37. The molecular weight excluding hydrogens is 419 g/mol. The number of hydrogen-bond acceptors (Lipinski definition) is 3. The molecule has 1 aromatic rings. The Morgan fingerprint density at radius 2 is 1.16 bits per heavy atom. The summed E-state index contributed by atoms with van der Waals surface area (Å²) >= 11 is 0. The highest BCUT2D eigenvalue weighted by molar-refractivity contribution is 5.24. The zero-order chi connectivity index (χ0) is 23.4. The van der Waals surface area contributed by atoms with Gasteiger partial charge in [0.2, 0.25) is 5.82 Å². The van der Waals surface area contributed by atoms with Crippen LogP contribution in [0.4, 0.5) is 22.0 Å². The fourth-order valence-electron chi connectivity index (χ4n) is 3.92. The molecule has 0 saturated heterocycles. The molecule has 0 saturated carbocycles. The van der Waals surface area contributed by atoms with E-state index in [1.54, 1.807) is 6.92 Å². The molecule has 0 bridgehead atoms. The molecule has 0 aliphatic rings. The van der Waals surface area contributed by atoms with Gasteiger partial charge in [-0.25, -0.2) is 22.0 Å². The molecule has 1 atom stereocenters. The predicted molar refractivity (Wildman–Crippen MR) is 109 cm³/mol. The van der Waals surface area contributed by atoms with Crippen molar-refractivity contribution in [2.24, 2.45) is 5.92 Å². The van der Waals surface area contributed by atoms with Crippen molar-refractivity contribution in [3.8, 4) is 0 Å². The van der Waals surface area contributed by atoms with Gasteiger partial charge in [0.05, 0.1) is 0 Å². The third kappa shape index (κ3) is 7.39. The number of benzene rings is 1. The van der Waals surface area contributed by atoms with Crippen LogP contribution in [0.15, 0.2) is 0 Å². The van der Waals surface area contributed by atoms with Crippen LogP contribution in [0.2, 0.25) is 0 Å². The highest BCUT2D eigenvalue weighted by atomic mass is 19.2. The first kappa shape index (κ1) is 27.8. The molecule has 0 fully saturated rings. The Morgan fingerprint density at radius 1 is 0.677 bits per heavy atom. The zero-order valence-electron chi connectivity index (χ0n) is 19.0. The summed E-state index contributed by atoms with van der Waals surface area (Å²) in [6, 6.07) is 0. The topological polar surface area (TPSA) is 27.7 Å². The Morgan fingerprint density at radius 3 is 1.68 bits per heavy atom. The highest BCUT2D eigenvalue weighted by Gasteiger charge is 2.40. The minimum absolute atomic E-state index is 0.181. The molecule has 8 heteroatoms. The number of hydrogen-bond donors (Lipinski definition) is 0. The number of methoxy groups -OCH3 is 2. The lowest BCUT2D eigenvalue weighted by Crippen LogP contribution is -2.45. The van der Waals surface area contributed by atoms with Crippen molar-refractivity contribution in [3.05, 3.63) is 34.6 Å². The summed E-state index contributed by atoms with van der Waals surface area (Å²) in [6.07, 6.45) is 7.45. The van der Waals surface area contributed by atoms with E-state index in [4.69, 9.17) is 14.2 Å². The fourth-order valence-corrected chi connectivity index (χ4v) is 3.92. The van der Waals surface area contributed by atoms with Crippen LogP contribution in [-0.4, -0.2) is 26.8 Å². The molecular formula is C23H35F5O3. The normalized spacial score (nSPS) is 13.1. The van der Waals surface area contributed by atoms with Crippen molar-refractivity contribution in [2.75, 3.05) is 20.8 Å². The van der Waals surface area contributed by atoms with Crippen molar-refractivity contribution in [3.63, 3.8) is 0 Å². The monoisotopic (exact) mass is 454 g/mol. The van der Waals surface area contributed by atoms with Gasteiger partial charge in [0.25, 0.3) is 5.97 Å². The summed E-state index contributed by atoms with van der Waals surface area (Å²) < 4.78 is 84.9. The molecule has 0 aliphatic carbocycles. The van der Waals surface area contributed by atoms with E-state index in [1.165, 1.54) is 20.6 Å². The predicted octanol–water partition coefficient (Wildman–Crippen LogP) is 7.05. The number of unbranched alkanes of at least 4 members (excludes halogenated alkanes) is 5. The Hall–Kier alpha value is -1.25. The van der Waals surface area contributed by atoms with Gasteiger partial charge in [-0.05, 0) is 32.6 Å². The smallest absolute Gasteiger partial charge is 0.285 e. The Balaban J connectivity index is 2.88. The summed E-state index contributed by atoms with van der Waals surface area (Å²) in [6.45, 7) is 4.27. The SMILES string of the molecule is CCCCCCCCC(CCCc1c(F)c(F)c(F)c(F)c1F)C(OC)(OC)OCC. The van der Waals surface area contributed by atoms with Crippen molar-refractivity contribution < 1.29 is 36.2 Å². The summed E-state index contributed by atoms with van der Waals surface area (Å²) in [5.41, 5.74) is -0.799. The van der Waals surface area contributed by atoms with E-state index in [0.717, 1.165) is 32.1 Å². The lowest BCUT2D eigenvalue weighted by molar-refractivity contribution is -0.388. The van der Waals surface area contributed by atoms with Gasteiger partial charge >= 0.3 is 0 Å². The van der Waals surface area contributed by atoms with Crippen LogP contribution in [-0.2, 0) is 20.6 Å². The average molecular weight is 455 g/mol. The maximum atomic E-state index is 14.0. The largest absolute Gasteiger partial charge is 0.331 e. The van der Waals surface area contributed by atoms with Gasteiger partial charge < -0.3 is 14.2 Å². The summed E-state index contributed by atoms with van der Waals surface area (Å²) in [5.74, 6) is -11.1. The third-order valence-corrected chi connectivity index (χ3v) is 5.60. The van der Waals surface area contributed by atoms with Crippen LogP contribution < -0.4 is 0 Å². The van der Waals surface area contributed by atoms with E-state index in [2.05, 4.69) is 6.92 Å². The van der Waals surface area contributed by atoms with Crippen LogP contribution >= 0.6 is 0 Å². The van der Waals surface area contributed by atoms with Gasteiger partial charge in [-0.15, -0.1) is 0 Å². The van der Waals surface area contributed by atoms with Crippen molar-refractivity contribution in [1.82, 2.24) is 0 Å². The first-order chi connectivity index (χ1) is 14.8. The maximum absolute atomic E-state index is 14.0. The van der Waals surface area contributed by atoms with E-state index in [-0.39, 0.29) is 18.8 Å². The van der Waals surface area contributed by atoms with Crippen LogP contribution in [0.1, 0.15) is 77.2 Å². The van der Waals surface area contributed by atoms with E-state index in [1.807, 2.05) is 0 Å². The molecule has 1 rings (SSSR count). The molecule has 180 valence electrons. The quantitative estimate of drug-likeness (QED) is 0.0880. The van der Waals surface area contributed by atoms with Gasteiger partial charge in [0, 0.05) is 32.3 Å². The minimum Gasteiger partial charge on any atom is -0.331 e. The van der Waals surface area contributed by atoms with Crippen LogP contribution in [0.5, 0.6) is 0 Å². The second-order valence-corrected chi connectivity index (χ2v) is 7.64. The standard InChI is InChI=1S/C23H35F5O3/c1-5-7-8-9-10-11-13-16(23(29-3,30-4)31-6-2)14-12-15-17-18(24)20(26)22(28)21(27)19(17)25/h16H,5-15H2,1-4H3. The maximum Gasteiger partial charge on any atom is 0.285 e. The Labute approximate surface area is 182 Å². The fraction of sp³-hybridized carbons (Fsp3) is 0.739. The van der Waals surface area contributed by atoms with Crippen molar-refractivity contribution in [2.45, 2.75) is 84.0 Å². The Bertz CT molecular complexity index is 636. The molecule has 0 amide bonds. The molecule has 0 aromatic heterocycles. The average Bonchev–Trinajstić information content (AvgIpc) is 2.78. The molecule has 3 nitrogen and oxygen atoms in total. The van der Waals surface area contributed by atoms with Crippen molar-refractivity contribution in [1.29, 1.82) is 0 Å². The van der Waals surface area contributed by atoms with E-state index in [0.29, 0.717) is 19.4 Å². The van der Waals surface area contributed by atoms with Gasteiger partial charge in [0.1, 0.15) is 0 Å². The van der Waals surface area contributed by atoms with Gasteiger partial charge in [-0.1, -0.05) is 45.4 Å². The van der Waals surface area contributed by atoms with E-state index in [9.17, 15) is 22.0 Å². The van der Waals surface area contributed by atoms with Crippen LogP contribution in [0.25, 0.3) is 0 Å². The molecule has 31 heavy (non-hydrogen) atoms. The number of halogens is 5. The molecule has 0 aliphatic heterocycles. The first-order valence-corrected chi connectivity index (χ1v) is 11.0. The van der Waals surface area contributed by atoms with E-state index < -0.39 is 40.6 Å². The number of ether oxygens (including phenoxy) is 3. The third-order valence-electron chi connectivity index (χ3n) is 5.60. The van der Waals surface area contributed by atoms with Crippen molar-refractivity contribution >= 4 is 0 Å². The summed E-state index contributed by atoms with van der Waals surface area (Å²) in [7, 11) is 2.91. The second kappa shape index (κ2) is 14.0. The Kier molecular flexibility index (Phi) is 12.6. The molecule has 0 N–H and O–H groups in total. The molecule has 0 spiro atoms. The summed E-state index contributed by atoms with van der Waals surface area (Å²) in [5, 5.41) is 0. The lowest BCUT2D eigenvalue weighted by atomic mass is 9.91. The number of rotatable bonds is 16. The first-order valence-electron chi connectivity index (χ1n) is 11.0. The highest BCUT2D eigenvalue weighted by Crippen LogP contribution is 2.34. The molecule has 0 radical (unpaired) electrons. The van der Waals surface area contributed by atoms with Gasteiger partial charge in [-0.3, -0.25) is 0 Å². The molecule has 1 unspecified atom stereocenters. The van der Waals surface area contributed by atoms with E-state index >= 15 is 0 Å². The zero-order valence-corrected chi connectivity index (χ0v) is 19.0. The van der Waals surface area contributed by atoms with Crippen LogP contribution in [0, 0.1) is 35.0 Å².